The molecular formula is C55H66N8O6. The van der Waals surface area contributed by atoms with E-state index in [1.165, 1.54) is 47.6 Å². The van der Waals surface area contributed by atoms with Crippen LogP contribution in [0.15, 0.2) is 72.8 Å². The number of likely N-dealkylation sites (tertiary alicyclic amines) is 2. The Balaban J connectivity index is 0.968. The minimum absolute atomic E-state index is 0.120. The van der Waals surface area contributed by atoms with Crippen molar-refractivity contribution in [3.05, 3.63) is 107 Å². The minimum atomic E-state index is -0.707. The number of aromatic amines is 2. The van der Waals surface area contributed by atoms with E-state index in [4.69, 9.17) is 19.4 Å². The molecule has 0 spiro atoms. The molecule has 0 radical (unpaired) electrons. The predicted molar refractivity (Wildman–Crippen MR) is 267 cm³/mol. The van der Waals surface area contributed by atoms with Gasteiger partial charge in [-0.3, -0.25) is 9.59 Å². The molecule has 6 aromatic rings. The third-order valence-electron chi connectivity index (χ3n) is 14.7. The third kappa shape index (κ3) is 9.54. The van der Waals surface area contributed by atoms with Crippen molar-refractivity contribution in [3.63, 3.8) is 0 Å². The average molecular weight is 935 g/mol. The quantitative estimate of drug-likeness (QED) is 0.105. The molecule has 0 saturated carbocycles. The molecule has 69 heavy (non-hydrogen) atoms. The Labute approximate surface area is 404 Å². The highest BCUT2D eigenvalue weighted by atomic mass is 16.5. The van der Waals surface area contributed by atoms with Crippen LogP contribution in [-0.4, -0.2) is 93.1 Å². The zero-order valence-electron chi connectivity index (χ0n) is 41.3. The number of nitrogens with one attached hydrogen (secondary N) is 4. The van der Waals surface area contributed by atoms with Crippen molar-refractivity contribution in [1.82, 2.24) is 40.4 Å². The van der Waals surface area contributed by atoms with E-state index in [0.29, 0.717) is 13.1 Å². The van der Waals surface area contributed by atoms with Gasteiger partial charge in [0.15, 0.2) is 0 Å². The van der Waals surface area contributed by atoms with Crippen molar-refractivity contribution in [2.24, 2.45) is 23.7 Å². The van der Waals surface area contributed by atoms with E-state index in [-0.39, 0.29) is 53.5 Å². The first-order valence-corrected chi connectivity index (χ1v) is 24.6. The maximum absolute atomic E-state index is 14.0. The van der Waals surface area contributed by atoms with Crippen molar-refractivity contribution in [3.8, 4) is 22.3 Å². The number of nitrogens with zero attached hydrogens (tertiary/aromatic N) is 4. The fraction of sp³-hybridized carbons (Fsp3) is 0.455. The van der Waals surface area contributed by atoms with Crippen molar-refractivity contribution in [2.75, 3.05) is 27.3 Å². The molecule has 7 atom stereocenters. The molecule has 4 heterocycles. The lowest BCUT2D eigenvalue weighted by Crippen LogP contribution is -2.51. The van der Waals surface area contributed by atoms with Crippen LogP contribution in [0.5, 0.6) is 0 Å². The second kappa shape index (κ2) is 19.4. The SMILES string of the molecule is COC(=O)N[C@H](C(=O)N1C[C@H](C)C[C@H]1c1nc2ccc(-c3cc4ccc3CCc3ccc(c(-c5ccc6nc([C@@H]7C[C@@H](C)CN7C(=O)[C@@H](NC(=O)OC)C(C)C)[nH]c6c5)c3)C[C@H]4C)cc2[nH]1)C(C)C. The van der Waals surface area contributed by atoms with Crippen LogP contribution >= 0.6 is 0 Å². The summed E-state index contributed by atoms with van der Waals surface area (Å²) in [6.45, 7) is 15.5. The maximum Gasteiger partial charge on any atom is 0.407 e. The van der Waals surface area contributed by atoms with E-state index >= 15 is 0 Å². The number of ether oxygens (including phenoxy) is 2. The summed E-state index contributed by atoms with van der Waals surface area (Å²) < 4.78 is 9.69. The van der Waals surface area contributed by atoms with Crippen LogP contribution < -0.4 is 10.6 Å². The highest BCUT2D eigenvalue weighted by Crippen LogP contribution is 2.40. The number of aryl methyl sites for hydroxylation is 2. The number of benzene rings is 4. The number of hydrogen-bond donors (Lipinski definition) is 4. The summed E-state index contributed by atoms with van der Waals surface area (Å²) in [4.78, 5) is 73.4. The number of rotatable bonds is 10. The lowest BCUT2D eigenvalue weighted by atomic mass is 9.84. The zero-order valence-corrected chi connectivity index (χ0v) is 41.3. The van der Waals surface area contributed by atoms with Crippen molar-refractivity contribution >= 4 is 46.1 Å². The summed E-state index contributed by atoms with van der Waals surface area (Å²) in [6, 6.07) is 24.9. The molecule has 14 nitrogen and oxygen atoms in total. The van der Waals surface area contributed by atoms with Gasteiger partial charge in [-0.2, -0.15) is 0 Å². The number of alkyl carbamates (subject to hydrolysis) is 2. The Hall–Kier alpha value is -6.70. The Morgan fingerprint density at radius 2 is 1.12 bits per heavy atom. The van der Waals surface area contributed by atoms with E-state index in [9.17, 15) is 19.2 Å². The summed E-state index contributed by atoms with van der Waals surface area (Å²) >= 11 is 0. The Morgan fingerprint density at radius 1 is 0.623 bits per heavy atom. The molecule has 4 amide bonds. The Kier molecular flexibility index (Phi) is 13.3. The Morgan fingerprint density at radius 3 is 1.61 bits per heavy atom. The molecule has 362 valence electrons. The van der Waals surface area contributed by atoms with Gasteiger partial charge in [0.2, 0.25) is 11.8 Å². The van der Waals surface area contributed by atoms with Crippen LogP contribution in [0.3, 0.4) is 0 Å². The summed E-state index contributed by atoms with van der Waals surface area (Å²) in [5.74, 6) is 1.77. The summed E-state index contributed by atoms with van der Waals surface area (Å²) in [5, 5.41) is 5.51. The van der Waals surface area contributed by atoms with Gasteiger partial charge in [-0.1, -0.05) is 97.0 Å². The first kappa shape index (κ1) is 47.4. The average Bonchev–Trinajstić information content (AvgIpc) is 4.14. The van der Waals surface area contributed by atoms with Crippen LogP contribution in [0.25, 0.3) is 44.3 Å². The van der Waals surface area contributed by atoms with Gasteiger partial charge in [0.05, 0.1) is 48.4 Å². The van der Waals surface area contributed by atoms with Gasteiger partial charge in [-0.15, -0.1) is 0 Å². The van der Waals surface area contributed by atoms with Crippen LogP contribution in [-0.2, 0) is 38.3 Å². The molecule has 6 aliphatic rings. The number of amides is 4. The largest absolute Gasteiger partial charge is 0.453 e. The molecule has 2 aromatic heterocycles. The topological polar surface area (TPSA) is 175 Å². The molecule has 0 unspecified atom stereocenters. The molecule has 12 rings (SSSR count). The predicted octanol–water partition coefficient (Wildman–Crippen LogP) is 9.80. The second-order valence-corrected chi connectivity index (χ2v) is 20.6. The highest BCUT2D eigenvalue weighted by Gasteiger charge is 2.42. The molecule has 4 aliphatic carbocycles. The van der Waals surface area contributed by atoms with E-state index in [2.05, 4.69) is 114 Å². The number of methoxy groups -OCH3 is 2. The number of imidazole rings is 2. The van der Waals surface area contributed by atoms with Crippen LogP contribution in [0.4, 0.5) is 9.59 Å². The van der Waals surface area contributed by atoms with Gasteiger partial charge in [-0.05, 0) is 130 Å². The van der Waals surface area contributed by atoms with Crippen molar-refractivity contribution < 1.29 is 28.7 Å². The van der Waals surface area contributed by atoms with Gasteiger partial charge < -0.3 is 39.9 Å². The summed E-state index contributed by atoms with van der Waals surface area (Å²) in [7, 11) is 2.61. The van der Waals surface area contributed by atoms with Crippen LogP contribution in [0, 0.1) is 23.7 Å². The lowest BCUT2D eigenvalue weighted by molar-refractivity contribution is -0.136. The second-order valence-electron chi connectivity index (χ2n) is 20.6. The molecule has 4 aromatic carbocycles. The number of carbonyl (C=O) groups is 4. The Bertz CT molecular complexity index is 2920. The fourth-order valence-corrected chi connectivity index (χ4v) is 10.9. The number of carbonyl (C=O) groups excluding carboxylic acids is 4. The molecular weight excluding hydrogens is 869 g/mol. The van der Waals surface area contributed by atoms with E-state index in [0.717, 1.165) is 76.9 Å². The van der Waals surface area contributed by atoms with Gasteiger partial charge >= 0.3 is 12.2 Å². The fourth-order valence-electron chi connectivity index (χ4n) is 10.9. The van der Waals surface area contributed by atoms with E-state index in [1.54, 1.807) is 0 Å². The molecule has 4 bridgehead atoms. The number of hydrogen-bond acceptors (Lipinski definition) is 8. The third-order valence-corrected chi connectivity index (χ3v) is 14.7. The van der Waals surface area contributed by atoms with Crippen LogP contribution in [0.2, 0.25) is 0 Å². The maximum atomic E-state index is 14.0. The summed E-state index contributed by atoms with van der Waals surface area (Å²) in [6.07, 6.45) is 2.87. The first-order valence-electron chi connectivity index (χ1n) is 24.6. The van der Waals surface area contributed by atoms with Crippen molar-refractivity contribution in [2.45, 2.75) is 111 Å². The smallest absolute Gasteiger partial charge is 0.407 e. The standard InChI is InChI=1S/C55H66N8O6/c1-29(2)48(60-54(66)68-8)52(64)62-27-31(5)20-46(62)50-56-42-18-16-38(25-44(42)58-50)40-23-34-10-12-35-14-15-36(33(7)22-37(40)13-11-34)24-41(35)39-17-19-43-45(26-39)59-51(57-43)47-21-32(6)28-63(47)53(65)49(30(3)4)61-55(67)69-9/h11,13-19,23-26,29-33,46-49H,10,12,20-22,27-28H2,1-9H3,(H,56,58)(H,57,59)(H,60,66)(H,61,67)/t31-,32-,33-,46+,47+,48+,49+/m1/s1. The number of H-pyrrole nitrogens is 2. The molecule has 2 aliphatic heterocycles. The monoisotopic (exact) mass is 935 g/mol. The van der Waals surface area contributed by atoms with Crippen molar-refractivity contribution in [1.29, 1.82) is 0 Å². The minimum Gasteiger partial charge on any atom is -0.453 e. The van der Waals surface area contributed by atoms with E-state index < -0.39 is 24.3 Å². The molecule has 14 heteroatoms. The van der Waals surface area contributed by atoms with Gasteiger partial charge in [0.25, 0.3) is 0 Å². The molecule has 4 N–H and O–H groups in total. The number of aromatic nitrogens is 4. The van der Waals surface area contributed by atoms with E-state index in [1.807, 2.05) is 37.5 Å². The van der Waals surface area contributed by atoms with Gasteiger partial charge in [0, 0.05) is 13.1 Å². The van der Waals surface area contributed by atoms with Gasteiger partial charge in [-0.25, -0.2) is 19.6 Å². The first-order chi connectivity index (χ1) is 33.1. The van der Waals surface area contributed by atoms with Gasteiger partial charge in [0.1, 0.15) is 23.7 Å². The van der Waals surface area contributed by atoms with Crippen LogP contribution in [0.1, 0.15) is 113 Å². The number of fused-ring (bicyclic) bond motifs is 2. The summed E-state index contributed by atoms with van der Waals surface area (Å²) in [5.41, 5.74) is 13.3. The lowest BCUT2D eigenvalue weighted by Gasteiger charge is -2.30. The highest BCUT2D eigenvalue weighted by molar-refractivity contribution is 5.89. The zero-order chi connectivity index (χ0) is 48.8. The molecule has 2 fully saturated rings. The molecule has 2 saturated heterocycles. The normalized spacial score (nSPS) is 21.2.